The molecule has 3 aromatic rings. The Morgan fingerprint density at radius 3 is 2.41 bits per heavy atom. The molecule has 0 spiro atoms. The minimum Gasteiger partial charge on any atom is -0.322 e. The van der Waals surface area contributed by atoms with Gasteiger partial charge in [0.2, 0.25) is 0 Å². The van der Waals surface area contributed by atoms with Crippen molar-refractivity contribution in [2.24, 2.45) is 0 Å². The summed E-state index contributed by atoms with van der Waals surface area (Å²) in [6, 6.07) is 17.8. The van der Waals surface area contributed by atoms with Gasteiger partial charge in [-0.25, -0.2) is 0 Å². The maximum Gasteiger partial charge on any atom is 0.256 e. The Morgan fingerprint density at radius 1 is 1.07 bits per heavy atom. The Balaban J connectivity index is 1.93. The summed E-state index contributed by atoms with van der Waals surface area (Å²) in [7, 11) is 0. The third-order valence-corrected chi connectivity index (χ3v) is 5.97. The average Bonchev–Trinajstić information content (AvgIpc) is 2.69. The molecule has 0 fully saturated rings. The lowest BCUT2D eigenvalue weighted by atomic mass is 9.91. The normalized spacial score (nSPS) is 11.6. The molecule has 3 nitrogen and oxygen atoms in total. The number of nitrogens with zero attached hydrogens (tertiary/aromatic N) is 1. The zero-order valence-corrected chi connectivity index (χ0v) is 18.4. The van der Waals surface area contributed by atoms with Gasteiger partial charge in [0.25, 0.3) is 5.91 Å². The Hall–Kier alpha value is -2.16. The average molecular weight is 462 g/mol. The standard InChI is InChI=1S/C22H15Cl3N2OS/c1-12-9-16(17(11-26)13-5-7-14(23)8-6-13)19(25)10-20(12)27-22(28)15-3-2-4-18(24)21(15)29/h2-10,17,29H,1H3,(H,27,28). The first-order valence-electron chi connectivity index (χ1n) is 8.55. The van der Waals surface area contributed by atoms with Gasteiger partial charge in [-0.15, -0.1) is 12.6 Å². The van der Waals surface area contributed by atoms with E-state index in [0.717, 1.165) is 11.1 Å². The van der Waals surface area contributed by atoms with Gasteiger partial charge in [-0.1, -0.05) is 59.1 Å². The molecule has 0 radical (unpaired) electrons. The summed E-state index contributed by atoms with van der Waals surface area (Å²) in [4.78, 5) is 13.1. The van der Waals surface area contributed by atoms with Crippen LogP contribution in [0.25, 0.3) is 0 Å². The molecule has 1 atom stereocenters. The molecular formula is C22H15Cl3N2OS. The van der Waals surface area contributed by atoms with E-state index < -0.39 is 5.92 Å². The fourth-order valence-electron chi connectivity index (χ4n) is 2.93. The zero-order chi connectivity index (χ0) is 21.1. The number of benzene rings is 3. The molecule has 0 bridgehead atoms. The maximum atomic E-state index is 12.7. The molecule has 3 rings (SSSR count). The van der Waals surface area contributed by atoms with Crippen molar-refractivity contribution in [3.05, 3.63) is 91.9 Å². The van der Waals surface area contributed by atoms with Crippen LogP contribution in [0.15, 0.2) is 59.5 Å². The molecule has 0 aliphatic rings. The van der Waals surface area contributed by atoms with Crippen LogP contribution in [0, 0.1) is 18.3 Å². The van der Waals surface area contributed by atoms with E-state index in [2.05, 4.69) is 24.0 Å². The molecule has 0 aliphatic heterocycles. The van der Waals surface area contributed by atoms with E-state index in [1.165, 1.54) is 0 Å². The lowest BCUT2D eigenvalue weighted by molar-refractivity contribution is 0.102. The zero-order valence-electron chi connectivity index (χ0n) is 15.2. The van der Waals surface area contributed by atoms with E-state index in [1.807, 2.05) is 6.92 Å². The SMILES string of the molecule is Cc1cc(C(C#N)c2ccc(Cl)cc2)c(Cl)cc1NC(=O)c1cccc(Cl)c1S. The highest BCUT2D eigenvalue weighted by Gasteiger charge is 2.20. The Kier molecular flexibility index (Phi) is 6.77. The summed E-state index contributed by atoms with van der Waals surface area (Å²) in [5.74, 6) is -0.904. The third-order valence-electron chi connectivity index (χ3n) is 4.47. The monoisotopic (exact) mass is 460 g/mol. The molecule has 1 N–H and O–H groups in total. The van der Waals surface area contributed by atoms with Crippen molar-refractivity contribution in [3.8, 4) is 6.07 Å². The minimum absolute atomic E-state index is 0.348. The molecule has 1 amide bonds. The van der Waals surface area contributed by atoms with Crippen LogP contribution in [0.4, 0.5) is 5.69 Å². The number of carbonyl (C=O) groups is 1. The number of carbonyl (C=O) groups excluding carboxylic acids is 1. The van der Waals surface area contributed by atoms with Crippen LogP contribution in [-0.2, 0) is 0 Å². The molecule has 0 aromatic heterocycles. The van der Waals surface area contributed by atoms with Gasteiger partial charge in [-0.05, 0) is 53.9 Å². The summed E-state index contributed by atoms with van der Waals surface area (Å²) in [5.41, 5.74) is 3.12. The first-order chi connectivity index (χ1) is 13.8. The van der Waals surface area contributed by atoms with Gasteiger partial charge in [0.1, 0.15) is 0 Å². The van der Waals surface area contributed by atoms with E-state index in [-0.39, 0.29) is 5.91 Å². The van der Waals surface area contributed by atoms with Crippen molar-refractivity contribution in [2.75, 3.05) is 5.32 Å². The molecule has 29 heavy (non-hydrogen) atoms. The number of rotatable bonds is 4. The summed E-state index contributed by atoms with van der Waals surface area (Å²) in [5, 5.41) is 13.9. The summed E-state index contributed by atoms with van der Waals surface area (Å²) < 4.78 is 0. The summed E-state index contributed by atoms with van der Waals surface area (Å²) >= 11 is 22.8. The van der Waals surface area contributed by atoms with Crippen LogP contribution in [-0.4, -0.2) is 5.91 Å². The van der Waals surface area contributed by atoms with Crippen molar-refractivity contribution >= 4 is 59.0 Å². The molecule has 0 heterocycles. The van der Waals surface area contributed by atoms with Gasteiger partial charge in [-0.2, -0.15) is 5.26 Å². The molecule has 7 heteroatoms. The Labute approximate surface area is 189 Å². The van der Waals surface area contributed by atoms with Crippen molar-refractivity contribution in [1.82, 2.24) is 0 Å². The van der Waals surface area contributed by atoms with Gasteiger partial charge in [0.05, 0.1) is 22.6 Å². The molecule has 146 valence electrons. The number of thiol groups is 1. The molecule has 3 aromatic carbocycles. The molecular weight excluding hydrogens is 447 g/mol. The minimum atomic E-state index is -0.555. The number of hydrogen-bond acceptors (Lipinski definition) is 3. The number of amides is 1. The Bertz CT molecular complexity index is 1120. The van der Waals surface area contributed by atoms with E-state index >= 15 is 0 Å². The van der Waals surface area contributed by atoms with Crippen LogP contribution in [0.3, 0.4) is 0 Å². The largest absolute Gasteiger partial charge is 0.322 e. The predicted octanol–water partition coefficient (Wildman–Crippen LogP) is 7.15. The fourth-order valence-corrected chi connectivity index (χ4v) is 3.75. The third kappa shape index (κ3) is 4.71. The van der Waals surface area contributed by atoms with Crippen LogP contribution in [0.1, 0.15) is 33.0 Å². The van der Waals surface area contributed by atoms with Crippen LogP contribution in [0.5, 0.6) is 0 Å². The second kappa shape index (κ2) is 9.11. The highest BCUT2D eigenvalue weighted by molar-refractivity contribution is 7.80. The van der Waals surface area contributed by atoms with Gasteiger partial charge in [0.15, 0.2) is 0 Å². The molecule has 0 saturated carbocycles. The number of nitriles is 1. The lowest BCUT2D eigenvalue weighted by Gasteiger charge is -2.16. The van der Waals surface area contributed by atoms with Crippen molar-refractivity contribution < 1.29 is 4.79 Å². The van der Waals surface area contributed by atoms with E-state index in [9.17, 15) is 10.1 Å². The number of aryl methyl sites for hydroxylation is 1. The maximum absolute atomic E-state index is 12.7. The van der Waals surface area contributed by atoms with Crippen LogP contribution < -0.4 is 5.32 Å². The number of halogens is 3. The summed E-state index contributed by atoms with van der Waals surface area (Å²) in [6.07, 6.45) is 0. The van der Waals surface area contributed by atoms with Crippen molar-refractivity contribution in [3.63, 3.8) is 0 Å². The first kappa shape index (κ1) is 21.5. The second-order valence-electron chi connectivity index (χ2n) is 6.39. The smallest absolute Gasteiger partial charge is 0.256 e. The Morgan fingerprint density at radius 2 is 1.76 bits per heavy atom. The van der Waals surface area contributed by atoms with E-state index in [4.69, 9.17) is 34.8 Å². The highest BCUT2D eigenvalue weighted by atomic mass is 35.5. The van der Waals surface area contributed by atoms with E-state index in [0.29, 0.717) is 36.8 Å². The van der Waals surface area contributed by atoms with Crippen molar-refractivity contribution in [1.29, 1.82) is 5.26 Å². The van der Waals surface area contributed by atoms with Crippen molar-refractivity contribution in [2.45, 2.75) is 17.7 Å². The second-order valence-corrected chi connectivity index (χ2v) is 8.09. The molecule has 1 unspecified atom stereocenters. The van der Waals surface area contributed by atoms with Gasteiger partial charge in [-0.3, -0.25) is 4.79 Å². The quantitative estimate of drug-likeness (QED) is 0.405. The van der Waals surface area contributed by atoms with Gasteiger partial charge in [0, 0.05) is 20.6 Å². The van der Waals surface area contributed by atoms with E-state index in [1.54, 1.807) is 54.6 Å². The predicted molar refractivity (Wildman–Crippen MR) is 122 cm³/mol. The molecule has 0 aliphatic carbocycles. The molecule has 0 saturated heterocycles. The van der Waals surface area contributed by atoms with Gasteiger partial charge < -0.3 is 5.32 Å². The number of nitrogens with one attached hydrogen (secondary N) is 1. The van der Waals surface area contributed by atoms with Gasteiger partial charge >= 0.3 is 0 Å². The van der Waals surface area contributed by atoms with Crippen LogP contribution in [0.2, 0.25) is 15.1 Å². The van der Waals surface area contributed by atoms with Crippen LogP contribution >= 0.6 is 47.4 Å². The highest BCUT2D eigenvalue weighted by Crippen LogP contribution is 2.35. The lowest BCUT2D eigenvalue weighted by Crippen LogP contribution is -2.14. The fraction of sp³-hybridized carbons (Fsp3) is 0.0909. The topological polar surface area (TPSA) is 52.9 Å². The number of anilines is 1. The number of hydrogen-bond donors (Lipinski definition) is 2. The summed E-state index contributed by atoms with van der Waals surface area (Å²) in [6.45, 7) is 1.84. The first-order valence-corrected chi connectivity index (χ1v) is 10.1.